The number of thiocarbonyl (C=S) groups is 1. The molecule has 8 heteroatoms. The van der Waals surface area contributed by atoms with E-state index in [2.05, 4.69) is 5.32 Å². The standard InChI is InChI=1S/C23H23N2O3PS2/c1-22(20(26)28-3)23(2,17-14-15-31-16-17)25(21(30)24-22)29(27,18-10-6-4-7-11-18)19-12-8-5-9-13-19/h4-16H,1-3H3,(H,24,30)/t22-,23+/m1/s1. The van der Waals surface area contributed by atoms with Gasteiger partial charge in [-0.15, -0.1) is 0 Å². The molecular formula is C23H23N2O3PS2. The van der Waals surface area contributed by atoms with Crippen molar-refractivity contribution in [2.45, 2.75) is 24.9 Å². The number of methoxy groups -OCH3 is 1. The predicted molar refractivity (Wildman–Crippen MR) is 129 cm³/mol. The SMILES string of the molecule is COC(=O)[C@@]1(C)NC(=S)N(P(=O)(c2ccccc2)c2ccccc2)[C@@]1(C)c1ccsc1. The van der Waals surface area contributed by atoms with Crippen LogP contribution >= 0.6 is 30.8 Å². The third-order valence-corrected chi connectivity index (χ3v) is 10.4. The van der Waals surface area contributed by atoms with Crippen LogP contribution in [0, 0.1) is 0 Å². The van der Waals surface area contributed by atoms with Crippen molar-refractivity contribution in [3.05, 3.63) is 83.1 Å². The summed E-state index contributed by atoms with van der Waals surface area (Å²) in [5, 5.41) is 8.60. The molecule has 2 aromatic carbocycles. The van der Waals surface area contributed by atoms with E-state index in [4.69, 9.17) is 17.0 Å². The normalized spacial score (nSPS) is 23.5. The summed E-state index contributed by atoms with van der Waals surface area (Å²) in [6, 6.07) is 20.5. The summed E-state index contributed by atoms with van der Waals surface area (Å²) >= 11 is 7.28. The molecule has 0 radical (unpaired) electrons. The van der Waals surface area contributed by atoms with E-state index in [-0.39, 0.29) is 5.11 Å². The Morgan fingerprint density at radius 1 is 1.03 bits per heavy atom. The molecule has 0 aliphatic carbocycles. The van der Waals surface area contributed by atoms with Crippen LogP contribution in [-0.2, 0) is 19.6 Å². The summed E-state index contributed by atoms with van der Waals surface area (Å²) in [4.78, 5) is 13.1. The molecule has 31 heavy (non-hydrogen) atoms. The van der Waals surface area contributed by atoms with Gasteiger partial charge < -0.3 is 10.1 Å². The van der Waals surface area contributed by atoms with Crippen LogP contribution in [0.25, 0.3) is 0 Å². The Hall–Kier alpha value is -2.47. The number of carbonyl (C=O) groups excluding carboxylic acids is 1. The topological polar surface area (TPSA) is 58.6 Å². The maximum atomic E-state index is 15.2. The zero-order valence-electron chi connectivity index (χ0n) is 17.4. The van der Waals surface area contributed by atoms with E-state index in [1.807, 2.05) is 84.4 Å². The lowest BCUT2D eigenvalue weighted by Gasteiger charge is -2.45. The molecule has 160 valence electrons. The number of rotatable bonds is 5. The number of benzene rings is 2. The van der Waals surface area contributed by atoms with Gasteiger partial charge in [-0.05, 0) is 72.7 Å². The van der Waals surface area contributed by atoms with Gasteiger partial charge >= 0.3 is 5.97 Å². The second-order valence-electron chi connectivity index (χ2n) is 7.69. The molecule has 1 fully saturated rings. The quantitative estimate of drug-likeness (QED) is 0.345. The molecule has 2 heterocycles. The second-order valence-corrected chi connectivity index (χ2v) is 11.4. The van der Waals surface area contributed by atoms with E-state index < -0.39 is 24.3 Å². The molecule has 0 bridgehead atoms. The van der Waals surface area contributed by atoms with Crippen LogP contribution in [0.15, 0.2) is 77.5 Å². The minimum absolute atomic E-state index is 0.248. The fraction of sp³-hybridized carbons (Fsp3) is 0.217. The van der Waals surface area contributed by atoms with Gasteiger partial charge in [0.25, 0.3) is 0 Å². The van der Waals surface area contributed by atoms with Crippen molar-refractivity contribution in [1.82, 2.24) is 9.99 Å². The number of carbonyl (C=O) groups is 1. The van der Waals surface area contributed by atoms with E-state index in [9.17, 15) is 4.79 Å². The molecule has 0 unspecified atom stereocenters. The third-order valence-electron chi connectivity index (χ3n) is 6.12. The van der Waals surface area contributed by atoms with Gasteiger partial charge in [0.15, 0.2) is 10.7 Å². The largest absolute Gasteiger partial charge is 0.467 e. The maximum absolute atomic E-state index is 15.2. The lowest BCUT2D eigenvalue weighted by Crippen LogP contribution is -2.60. The lowest BCUT2D eigenvalue weighted by atomic mass is 9.77. The van der Waals surface area contributed by atoms with Gasteiger partial charge in [0.1, 0.15) is 5.54 Å². The fourth-order valence-electron chi connectivity index (χ4n) is 4.26. The molecule has 1 aromatic heterocycles. The zero-order valence-corrected chi connectivity index (χ0v) is 20.0. The molecule has 1 aliphatic heterocycles. The van der Waals surface area contributed by atoms with Gasteiger partial charge in [0.2, 0.25) is 7.29 Å². The van der Waals surface area contributed by atoms with Crippen LogP contribution < -0.4 is 15.9 Å². The molecule has 4 rings (SSSR count). The Labute approximate surface area is 191 Å². The van der Waals surface area contributed by atoms with E-state index in [0.29, 0.717) is 10.6 Å². The average Bonchev–Trinajstić information content (AvgIpc) is 3.41. The number of ether oxygens (including phenoxy) is 1. The Kier molecular flexibility index (Phi) is 5.54. The van der Waals surface area contributed by atoms with E-state index in [0.717, 1.165) is 5.56 Å². The predicted octanol–water partition coefficient (Wildman–Crippen LogP) is 4.01. The van der Waals surface area contributed by atoms with Crippen molar-refractivity contribution in [1.29, 1.82) is 0 Å². The van der Waals surface area contributed by atoms with E-state index in [1.165, 1.54) is 18.4 Å². The van der Waals surface area contributed by atoms with Crippen molar-refractivity contribution < 1.29 is 14.1 Å². The molecular weight excluding hydrogens is 447 g/mol. The monoisotopic (exact) mass is 470 g/mol. The van der Waals surface area contributed by atoms with Crippen molar-refractivity contribution in [2.24, 2.45) is 0 Å². The van der Waals surface area contributed by atoms with Crippen LogP contribution in [-0.4, -0.2) is 28.4 Å². The van der Waals surface area contributed by atoms with Gasteiger partial charge in [0.05, 0.1) is 7.11 Å². The number of nitrogens with one attached hydrogen (secondary N) is 1. The van der Waals surface area contributed by atoms with E-state index in [1.54, 1.807) is 11.6 Å². The summed E-state index contributed by atoms with van der Waals surface area (Å²) in [5.74, 6) is -0.473. The van der Waals surface area contributed by atoms with Crippen molar-refractivity contribution in [2.75, 3.05) is 7.11 Å². The zero-order chi connectivity index (χ0) is 22.3. The van der Waals surface area contributed by atoms with Gasteiger partial charge in [-0.3, -0.25) is 9.24 Å². The molecule has 5 nitrogen and oxygen atoms in total. The van der Waals surface area contributed by atoms with Gasteiger partial charge in [-0.25, -0.2) is 4.79 Å². The summed E-state index contributed by atoms with van der Waals surface area (Å²) in [5.41, 5.74) is -1.48. The highest BCUT2D eigenvalue weighted by Crippen LogP contribution is 2.60. The number of hydrogen-bond donors (Lipinski definition) is 1. The van der Waals surface area contributed by atoms with Crippen LogP contribution in [0.5, 0.6) is 0 Å². The number of nitrogens with zero attached hydrogens (tertiary/aromatic N) is 1. The Bertz CT molecular complexity index is 1110. The maximum Gasteiger partial charge on any atom is 0.334 e. The van der Waals surface area contributed by atoms with Crippen LogP contribution in [0.1, 0.15) is 19.4 Å². The van der Waals surface area contributed by atoms with Crippen LogP contribution in [0.3, 0.4) is 0 Å². The van der Waals surface area contributed by atoms with E-state index >= 15 is 4.57 Å². The summed E-state index contributed by atoms with van der Waals surface area (Å²) in [6.45, 7) is 3.65. The first-order valence-corrected chi connectivity index (χ1v) is 12.8. The fourth-order valence-corrected chi connectivity index (χ4v) is 8.85. The molecule has 1 N–H and O–H groups in total. The first-order valence-electron chi connectivity index (χ1n) is 9.75. The number of esters is 1. The highest BCUT2D eigenvalue weighted by Gasteiger charge is 2.66. The highest BCUT2D eigenvalue weighted by atomic mass is 32.1. The molecule has 2 atom stereocenters. The molecule has 3 aromatic rings. The van der Waals surface area contributed by atoms with Crippen molar-refractivity contribution in [3.63, 3.8) is 0 Å². The molecule has 0 saturated carbocycles. The van der Waals surface area contributed by atoms with Crippen LogP contribution in [0.4, 0.5) is 0 Å². The summed E-state index contributed by atoms with van der Waals surface area (Å²) < 4.78 is 22.1. The minimum atomic E-state index is -3.49. The van der Waals surface area contributed by atoms with Crippen LogP contribution in [0.2, 0.25) is 0 Å². The Morgan fingerprint density at radius 2 is 1.58 bits per heavy atom. The first kappa shape index (κ1) is 21.8. The van der Waals surface area contributed by atoms with Gasteiger partial charge in [0, 0.05) is 10.6 Å². The number of thiophene rings is 1. The Morgan fingerprint density at radius 3 is 2.03 bits per heavy atom. The lowest BCUT2D eigenvalue weighted by molar-refractivity contribution is -0.150. The highest BCUT2D eigenvalue weighted by molar-refractivity contribution is 7.83. The minimum Gasteiger partial charge on any atom is -0.467 e. The molecule has 0 amide bonds. The number of hydrogen-bond acceptors (Lipinski definition) is 5. The molecule has 1 aliphatic rings. The first-order chi connectivity index (χ1) is 14.8. The van der Waals surface area contributed by atoms with Crippen molar-refractivity contribution in [3.8, 4) is 0 Å². The van der Waals surface area contributed by atoms with Crippen molar-refractivity contribution >= 4 is 52.5 Å². The molecule has 1 saturated heterocycles. The smallest absolute Gasteiger partial charge is 0.334 e. The molecule has 0 spiro atoms. The Balaban J connectivity index is 2.06. The van der Waals surface area contributed by atoms with Gasteiger partial charge in [-0.2, -0.15) is 11.3 Å². The third kappa shape index (κ3) is 3.06. The second kappa shape index (κ2) is 7.90. The van der Waals surface area contributed by atoms with Gasteiger partial charge in [-0.1, -0.05) is 36.4 Å². The summed E-state index contributed by atoms with van der Waals surface area (Å²) in [6.07, 6.45) is 0. The average molecular weight is 471 g/mol. The summed E-state index contributed by atoms with van der Waals surface area (Å²) in [7, 11) is -2.14.